The van der Waals surface area contributed by atoms with Gasteiger partial charge in [0, 0.05) is 25.2 Å². The molecule has 1 aliphatic carbocycles. The summed E-state index contributed by atoms with van der Waals surface area (Å²) in [7, 11) is 2.05. The first kappa shape index (κ1) is 8.52. The van der Waals surface area contributed by atoms with Crippen molar-refractivity contribution in [1.82, 2.24) is 10.2 Å². The molecule has 0 aromatic rings. The summed E-state index contributed by atoms with van der Waals surface area (Å²) in [6.45, 7) is 2.54. The third-order valence-corrected chi connectivity index (χ3v) is 3.24. The lowest BCUT2D eigenvalue weighted by Crippen LogP contribution is -2.26. The fraction of sp³-hybridized carbons (Fsp3) is 1.00. The molecule has 1 saturated heterocycles. The number of nitrogens with one attached hydrogen (secondary N) is 1. The molecule has 0 amide bonds. The van der Waals surface area contributed by atoms with Gasteiger partial charge < -0.3 is 5.32 Å². The summed E-state index contributed by atoms with van der Waals surface area (Å²) in [5.74, 6) is 0. The smallest absolute Gasteiger partial charge is 0.0351 e. The molecule has 1 saturated carbocycles. The summed E-state index contributed by atoms with van der Waals surface area (Å²) in [5, 5.41) is 3.26. The van der Waals surface area contributed by atoms with Crippen molar-refractivity contribution in [2.24, 2.45) is 0 Å². The van der Waals surface area contributed by atoms with E-state index >= 15 is 0 Å². The van der Waals surface area contributed by atoms with Crippen molar-refractivity contribution in [1.29, 1.82) is 0 Å². The van der Waals surface area contributed by atoms with Crippen LogP contribution in [0.15, 0.2) is 0 Å². The topological polar surface area (TPSA) is 15.0 Å². The van der Waals surface area contributed by atoms with Crippen molar-refractivity contribution < 1.29 is 0 Å². The monoisotopic (exact) mass is 168 g/mol. The second-order valence-corrected chi connectivity index (χ2v) is 4.20. The van der Waals surface area contributed by atoms with E-state index in [9.17, 15) is 0 Å². The first-order chi connectivity index (χ1) is 5.92. The van der Waals surface area contributed by atoms with Gasteiger partial charge in [-0.1, -0.05) is 19.3 Å². The average Bonchev–Trinajstić information content (AvgIpc) is 2.87. The van der Waals surface area contributed by atoms with E-state index in [1.165, 1.54) is 45.2 Å². The van der Waals surface area contributed by atoms with Gasteiger partial charge in [0.15, 0.2) is 0 Å². The molecule has 2 nitrogen and oxygen atoms in total. The van der Waals surface area contributed by atoms with Crippen molar-refractivity contribution >= 4 is 0 Å². The SMILES string of the molecule is CNCC1CN1C1CCCCC1. The van der Waals surface area contributed by atoms with Crippen LogP contribution in [0.2, 0.25) is 0 Å². The molecule has 0 spiro atoms. The molecule has 1 heterocycles. The van der Waals surface area contributed by atoms with Crippen LogP contribution in [0.3, 0.4) is 0 Å². The van der Waals surface area contributed by atoms with Gasteiger partial charge in [-0.05, 0) is 19.9 Å². The van der Waals surface area contributed by atoms with Gasteiger partial charge in [0.2, 0.25) is 0 Å². The van der Waals surface area contributed by atoms with E-state index in [4.69, 9.17) is 0 Å². The number of hydrogen-bond donors (Lipinski definition) is 1. The molecule has 2 heteroatoms. The summed E-state index contributed by atoms with van der Waals surface area (Å²) < 4.78 is 0. The van der Waals surface area contributed by atoms with Gasteiger partial charge in [0.25, 0.3) is 0 Å². The number of hydrogen-bond acceptors (Lipinski definition) is 2. The Kier molecular flexibility index (Phi) is 2.66. The first-order valence-corrected chi connectivity index (χ1v) is 5.32. The van der Waals surface area contributed by atoms with Gasteiger partial charge in [-0.25, -0.2) is 0 Å². The third kappa shape index (κ3) is 1.80. The molecule has 2 rings (SSSR count). The van der Waals surface area contributed by atoms with Crippen molar-refractivity contribution in [2.45, 2.75) is 44.2 Å². The molecular formula is C10H20N2. The minimum atomic E-state index is 0.873. The molecule has 2 unspecified atom stereocenters. The highest BCUT2D eigenvalue weighted by atomic mass is 15.3. The van der Waals surface area contributed by atoms with Crippen LogP contribution in [0, 0.1) is 0 Å². The average molecular weight is 168 g/mol. The van der Waals surface area contributed by atoms with Crippen LogP contribution in [0.1, 0.15) is 32.1 Å². The predicted octanol–water partition coefficient (Wildman–Crippen LogP) is 1.22. The van der Waals surface area contributed by atoms with Crippen LogP contribution in [0.4, 0.5) is 0 Å². The Bertz CT molecular complexity index is 141. The molecule has 0 radical (unpaired) electrons. The normalized spacial score (nSPS) is 36.8. The Hall–Kier alpha value is -0.0800. The van der Waals surface area contributed by atoms with Crippen LogP contribution < -0.4 is 5.32 Å². The molecule has 0 aromatic carbocycles. The van der Waals surface area contributed by atoms with E-state index in [1.807, 2.05) is 0 Å². The lowest BCUT2D eigenvalue weighted by Gasteiger charge is -2.23. The van der Waals surface area contributed by atoms with Gasteiger partial charge in [-0.15, -0.1) is 0 Å². The van der Waals surface area contributed by atoms with Gasteiger partial charge in [-0.2, -0.15) is 0 Å². The molecular weight excluding hydrogens is 148 g/mol. The Morgan fingerprint density at radius 2 is 2.00 bits per heavy atom. The molecule has 1 aliphatic heterocycles. The molecule has 70 valence electrons. The maximum Gasteiger partial charge on any atom is 0.0351 e. The predicted molar refractivity (Wildman–Crippen MR) is 51.3 cm³/mol. The molecule has 2 atom stereocenters. The maximum absolute atomic E-state index is 3.26. The standard InChI is InChI=1S/C10H20N2/c1-11-7-10-8-12(10)9-5-3-2-4-6-9/h9-11H,2-8H2,1H3. The highest BCUT2D eigenvalue weighted by Gasteiger charge is 2.38. The Morgan fingerprint density at radius 3 is 2.67 bits per heavy atom. The molecule has 0 bridgehead atoms. The highest BCUT2D eigenvalue weighted by Crippen LogP contribution is 2.30. The Labute approximate surface area is 75.3 Å². The summed E-state index contributed by atoms with van der Waals surface area (Å²) in [4.78, 5) is 2.68. The van der Waals surface area contributed by atoms with Crippen LogP contribution in [0.25, 0.3) is 0 Å². The largest absolute Gasteiger partial charge is 0.318 e. The van der Waals surface area contributed by atoms with Gasteiger partial charge in [0.1, 0.15) is 0 Å². The molecule has 12 heavy (non-hydrogen) atoms. The summed E-state index contributed by atoms with van der Waals surface area (Å²) in [6, 6.07) is 1.81. The maximum atomic E-state index is 3.26. The zero-order valence-electron chi connectivity index (χ0n) is 8.05. The second kappa shape index (κ2) is 3.75. The lowest BCUT2D eigenvalue weighted by molar-refractivity contribution is 0.280. The fourth-order valence-electron chi connectivity index (χ4n) is 2.47. The Balaban J connectivity index is 1.72. The molecule has 1 N–H and O–H groups in total. The number of rotatable bonds is 3. The van der Waals surface area contributed by atoms with E-state index in [-0.39, 0.29) is 0 Å². The molecule has 2 aliphatic rings. The fourth-order valence-corrected chi connectivity index (χ4v) is 2.47. The quantitative estimate of drug-likeness (QED) is 0.637. The minimum Gasteiger partial charge on any atom is -0.318 e. The van der Waals surface area contributed by atoms with E-state index in [0.29, 0.717) is 0 Å². The van der Waals surface area contributed by atoms with E-state index in [1.54, 1.807) is 0 Å². The first-order valence-electron chi connectivity index (χ1n) is 5.32. The van der Waals surface area contributed by atoms with Crippen molar-refractivity contribution in [2.75, 3.05) is 20.1 Å². The van der Waals surface area contributed by atoms with Crippen LogP contribution in [-0.4, -0.2) is 37.1 Å². The molecule has 2 fully saturated rings. The van der Waals surface area contributed by atoms with E-state index in [0.717, 1.165) is 12.1 Å². The minimum absolute atomic E-state index is 0.873. The van der Waals surface area contributed by atoms with Crippen LogP contribution >= 0.6 is 0 Å². The van der Waals surface area contributed by atoms with Crippen LogP contribution in [0.5, 0.6) is 0 Å². The zero-order chi connectivity index (χ0) is 8.39. The number of nitrogens with zero attached hydrogens (tertiary/aromatic N) is 1. The summed E-state index contributed by atoms with van der Waals surface area (Å²) in [6.07, 6.45) is 7.32. The molecule has 0 aromatic heterocycles. The van der Waals surface area contributed by atoms with Gasteiger partial charge >= 0.3 is 0 Å². The second-order valence-electron chi connectivity index (χ2n) is 4.20. The van der Waals surface area contributed by atoms with Crippen molar-refractivity contribution in [3.63, 3.8) is 0 Å². The lowest BCUT2D eigenvalue weighted by atomic mass is 9.95. The highest BCUT2D eigenvalue weighted by molar-refractivity contribution is 4.96. The van der Waals surface area contributed by atoms with Crippen LogP contribution in [-0.2, 0) is 0 Å². The van der Waals surface area contributed by atoms with E-state index < -0.39 is 0 Å². The number of likely N-dealkylation sites (N-methyl/N-ethyl adjacent to an activating group) is 1. The van der Waals surface area contributed by atoms with E-state index in [2.05, 4.69) is 17.3 Å². The zero-order valence-corrected chi connectivity index (χ0v) is 8.05. The van der Waals surface area contributed by atoms with Crippen molar-refractivity contribution in [3.8, 4) is 0 Å². The summed E-state index contributed by atoms with van der Waals surface area (Å²) in [5.41, 5.74) is 0. The third-order valence-electron chi connectivity index (χ3n) is 3.24. The van der Waals surface area contributed by atoms with Gasteiger partial charge in [-0.3, -0.25) is 4.90 Å². The van der Waals surface area contributed by atoms with Crippen molar-refractivity contribution in [3.05, 3.63) is 0 Å². The van der Waals surface area contributed by atoms with Gasteiger partial charge in [0.05, 0.1) is 0 Å². The Morgan fingerprint density at radius 1 is 1.25 bits per heavy atom. The summed E-state index contributed by atoms with van der Waals surface area (Å²) >= 11 is 0.